The molecule has 0 aromatic heterocycles. The van der Waals surface area contributed by atoms with Crippen LogP contribution in [0.1, 0.15) is 37.0 Å². The molecule has 2 fully saturated rings. The fourth-order valence-electron chi connectivity index (χ4n) is 4.55. The van der Waals surface area contributed by atoms with Crippen molar-refractivity contribution < 1.29 is 14.5 Å². The predicted octanol–water partition coefficient (Wildman–Crippen LogP) is 3.75. The molecule has 2 aliphatic heterocycles. The summed E-state index contributed by atoms with van der Waals surface area (Å²) in [5, 5.41) is 14.4. The Kier molecular flexibility index (Phi) is 7.00. The molecule has 0 bridgehead atoms. The molecule has 4 rings (SSSR count). The number of anilines is 3. The number of hydrogen-bond acceptors (Lipinski definition) is 6. The first-order chi connectivity index (χ1) is 16.3. The van der Waals surface area contributed by atoms with E-state index in [1.807, 2.05) is 47.9 Å². The molecule has 9 nitrogen and oxygen atoms in total. The summed E-state index contributed by atoms with van der Waals surface area (Å²) >= 11 is 0. The zero-order chi connectivity index (χ0) is 24.2. The van der Waals surface area contributed by atoms with Gasteiger partial charge in [0.2, 0.25) is 5.91 Å². The van der Waals surface area contributed by atoms with Gasteiger partial charge >= 0.3 is 0 Å². The second-order valence-corrected chi connectivity index (χ2v) is 9.12. The Bertz CT molecular complexity index is 1060. The van der Waals surface area contributed by atoms with Crippen molar-refractivity contribution >= 4 is 34.6 Å². The summed E-state index contributed by atoms with van der Waals surface area (Å²) in [6.07, 6.45) is 2.03. The number of piperazine rings is 1. The third-order valence-corrected chi connectivity index (χ3v) is 6.46. The second-order valence-electron chi connectivity index (χ2n) is 9.12. The molecule has 1 N–H and O–H groups in total. The summed E-state index contributed by atoms with van der Waals surface area (Å²) in [4.78, 5) is 42.3. The minimum absolute atomic E-state index is 0.00676. The van der Waals surface area contributed by atoms with Crippen LogP contribution in [0.5, 0.6) is 0 Å². The lowest BCUT2D eigenvalue weighted by Gasteiger charge is -2.37. The highest BCUT2D eigenvalue weighted by Crippen LogP contribution is 2.32. The number of amides is 2. The number of hydrogen-bond donors (Lipinski definition) is 1. The van der Waals surface area contributed by atoms with E-state index in [0.29, 0.717) is 24.5 Å². The first kappa shape index (κ1) is 23.5. The van der Waals surface area contributed by atoms with Gasteiger partial charge in [0.1, 0.15) is 5.69 Å². The Morgan fingerprint density at radius 1 is 0.912 bits per heavy atom. The van der Waals surface area contributed by atoms with E-state index >= 15 is 0 Å². The summed E-state index contributed by atoms with van der Waals surface area (Å²) in [6, 6.07) is 12.2. The summed E-state index contributed by atoms with van der Waals surface area (Å²) in [5.74, 6) is -0.191. The van der Waals surface area contributed by atoms with E-state index in [2.05, 4.69) is 10.2 Å². The molecule has 34 heavy (non-hydrogen) atoms. The Labute approximate surface area is 199 Å². The number of nitrogens with zero attached hydrogens (tertiary/aromatic N) is 4. The average Bonchev–Trinajstić information content (AvgIpc) is 3.38. The second kappa shape index (κ2) is 10.1. The topological polar surface area (TPSA) is 99.0 Å². The fraction of sp³-hybridized carbons (Fsp3) is 0.440. The van der Waals surface area contributed by atoms with E-state index in [1.165, 1.54) is 6.07 Å². The van der Waals surface area contributed by atoms with Crippen molar-refractivity contribution in [3.63, 3.8) is 0 Å². The molecule has 0 radical (unpaired) electrons. The molecule has 2 heterocycles. The quantitative estimate of drug-likeness (QED) is 0.515. The van der Waals surface area contributed by atoms with Crippen LogP contribution >= 0.6 is 0 Å². The van der Waals surface area contributed by atoms with Crippen LogP contribution < -0.4 is 15.1 Å². The molecule has 0 saturated carbocycles. The van der Waals surface area contributed by atoms with Crippen LogP contribution in [0.3, 0.4) is 0 Å². The number of benzene rings is 2. The summed E-state index contributed by atoms with van der Waals surface area (Å²) < 4.78 is 0. The normalized spacial score (nSPS) is 16.1. The number of nitro groups is 1. The minimum Gasteiger partial charge on any atom is -0.368 e. The number of carbonyl (C=O) groups excluding carboxylic acids is 2. The number of carbonyl (C=O) groups is 2. The summed E-state index contributed by atoms with van der Waals surface area (Å²) in [5.41, 5.74) is 2.43. The lowest BCUT2D eigenvalue weighted by Crippen LogP contribution is -2.49. The Morgan fingerprint density at radius 2 is 1.56 bits per heavy atom. The molecule has 2 aromatic carbocycles. The molecule has 0 unspecified atom stereocenters. The van der Waals surface area contributed by atoms with Crippen molar-refractivity contribution in [2.75, 3.05) is 54.4 Å². The van der Waals surface area contributed by atoms with Gasteiger partial charge in [0.05, 0.1) is 4.92 Å². The van der Waals surface area contributed by atoms with Crippen molar-refractivity contribution in [3.05, 3.63) is 58.1 Å². The third-order valence-electron chi connectivity index (χ3n) is 6.46. The van der Waals surface area contributed by atoms with Gasteiger partial charge in [0, 0.05) is 68.2 Å². The minimum atomic E-state index is -0.423. The number of rotatable bonds is 6. The molecule has 2 aromatic rings. The molecule has 2 amide bonds. The maximum atomic E-state index is 12.8. The van der Waals surface area contributed by atoms with E-state index in [-0.39, 0.29) is 29.0 Å². The van der Waals surface area contributed by atoms with E-state index in [0.717, 1.165) is 44.7 Å². The van der Waals surface area contributed by atoms with Crippen LogP contribution in [0.2, 0.25) is 0 Å². The molecule has 0 atom stereocenters. The lowest BCUT2D eigenvalue weighted by molar-refractivity contribution is -0.384. The monoisotopic (exact) mass is 465 g/mol. The molecular formula is C25H31N5O4. The van der Waals surface area contributed by atoms with Crippen LogP contribution in [0.25, 0.3) is 0 Å². The van der Waals surface area contributed by atoms with Crippen molar-refractivity contribution in [1.29, 1.82) is 0 Å². The van der Waals surface area contributed by atoms with Crippen LogP contribution in [-0.4, -0.2) is 60.9 Å². The van der Waals surface area contributed by atoms with Crippen LogP contribution in [0, 0.1) is 16.0 Å². The highest BCUT2D eigenvalue weighted by atomic mass is 16.6. The van der Waals surface area contributed by atoms with Gasteiger partial charge < -0.3 is 20.0 Å². The number of nitrogens with one attached hydrogen (secondary N) is 1. The van der Waals surface area contributed by atoms with Crippen molar-refractivity contribution in [3.8, 4) is 0 Å². The fourth-order valence-corrected chi connectivity index (χ4v) is 4.55. The van der Waals surface area contributed by atoms with Crippen molar-refractivity contribution in [1.82, 2.24) is 4.90 Å². The average molecular weight is 466 g/mol. The Hall–Kier alpha value is -3.62. The summed E-state index contributed by atoms with van der Waals surface area (Å²) in [6.45, 7) is 8.34. The maximum absolute atomic E-state index is 12.8. The molecule has 2 saturated heterocycles. The van der Waals surface area contributed by atoms with E-state index in [4.69, 9.17) is 0 Å². The Balaban J connectivity index is 1.39. The van der Waals surface area contributed by atoms with Crippen molar-refractivity contribution in [2.45, 2.75) is 26.7 Å². The lowest BCUT2D eigenvalue weighted by atomic mass is 10.1. The smallest absolute Gasteiger partial charge is 0.293 e. The molecular weight excluding hydrogens is 434 g/mol. The van der Waals surface area contributed by atoms with Gasteiger partial charge in [-0.3, -0.25) is 19.7 Å². The maximum Gasteiger partial charge on any atom is 0.293 e. The molecule has 2 aliphatic rings. The highest BCUT2D eigenvalue weighted by Gasteiger charge is 2.25. The van der Waals surface area contributed by atoms with E-state index in [1.54, 1.807) is 12.1 Å². The first-order valence-corrected chi connectivity index (χ1v) is 11.8. The van der Waals surface area contributed by atoms with Gasteiger partial charge in [-0.15, -0.1) is 0 Å². The molecule has 0 spiro atoms. The van der Waals surface area contributed by atoms with Crippen LogP contribution in [-0.2, 0) is 4.79 Å². The van der Waals surface area contributed by atoms with Gasteiger partial charge in [-0.1, -0.05) is 13.8 Å². The van der Waals surface area contributed by atoms with E-state index in [9.17, 15) is 19.7 Å². The summed E-state index contributed by atoms with van der Waals surface area (Å²) in [7, 11) is 0. The Morgan fingerprint density at radius 3 is 2.15 bits per heavy atom. The van der Waals surface area contributed by atoms with Gasteiger partial charge in [0.25, 0.3) is 11.6 Å². The highest BCUT2D eigenvalue weighted by molar-refractivity contribution is 6.05. The van der Waals surface area contributed by atoms with Crippen LogP contribution in [0.4, 0.5) is 22.7 Å². The number of nitro benzene ring substituents is 1. The van der Waals surface area contributed by atoms with Crippen molar-refractivity contribution in [2.24, 2.45) is 5.92 Å². The molecule has 0 aliphatic carbocycles. The molecule has 9 heteroatoms. The van der Waals surface area contributed by atoms with Gasteiger partial charge in [-0.2, -0.15) is 0 Å². The van der Waals surface area contributed by atoms with Gasteiger partial charge in [0.15, 0.2) is 0 Å². The zero-order valence-corrected chi connectivity index (χ0v) is 19.7. The third kappa shape index (κ3) is 5.13. The first-order valence-electron chi connectivity index (χ1n) is 11.8. The standard InChI is InChI=1S/C25H31N5O4/c1-18(2)25(32)29-15-13-27(14-16-29)21-8-6-20(7-9-21)26-24(31)19-5-10-22(23(17-19)30(33)34)28-11-3-4-12-28/h5-10,17-18H,3-4,11-16H2,1-2H3,(H,26,31). The van der Waals surface area contributed by atoms with Gasteiger partial charge in [-0.25, -0.2) is 0 Å². The predicted molar refractivity (Wildman–Crippen MR) is 133 cm³/mol. The molecule has 180 valence electrons. The van der Waals surface area contributed by atoms with E-state index < -0.39 is 4.92 Å². The largest absolute Gasteiger partial charge is 0.368 e. The zero-order valence-electron chi connectivity index (χ0n) is 19.7. The SMILES string of the molecule is CC(C)C(=O)N1CCN(c2ccc(NC(=O)c3ccc(N4CCCC4)c([N+](=O)[O-])c3)cc2)CC1. The van der Waals surface area contributed by atoms with Gasteiger partial charge in [-0.05, 0) is 49.2 Å². The van der Waals surface area contributed by atoms with Crippen LogP contribution in [0.15, 0.2) is 42.5 Å².